The zero-order valence-electron chi connectivity index (χ0n) is 20.2. The molecule has 4 rings (SSSR count). The molecule has 1 N–H and O–H groups in total. The van der Waals surface area contributed by atoms with Crippen molar-refractivity contribution in [3.05, 3.63) is 89.2 Å². The van der Waals surface area contributed by atoms with E-state index >= 15 is 0 Å². The number of benzene rings is 2. The number of pyridine rings is 1. The lowest BCUT2D eigenvalue weighted by molar-refractivity contribution is 0.170. The molecule has 0 unspecified atom stereocenters. The maximum absolute atomic E-state index is 7.21. The number of hydrogen-bond donors (Lipinski definition) is 1. The second kappa shape index (κ2) is 9.20. The minimum Gasteiger partial charge on any atom is -0.407 e. The number of hydrogen-bond acceptors (Lipinski definition) is 2. The van der Waals surface area contributed by atoms with Gasteiger partial charge in [0.2, 0.25) is 0 Å². The molecule has 0 aliphatic carbocycles. The lowest BCUT2D eigenvalue weighted by Crippen LogP contribution is -2.67. The van der Waals surface area contributed by atoms with Gasteiger partial charge < -0.3 is 9.41 Å². The quantitative estimate of drug-likeness (QED) is 0.224. The minimum atomic E-state index is -2.55. The maximum Gasteiger partial charge on any atom is 0.261 e. The Morgan fingerprint density at radius 3 is 1.97 bits per heavy atom. The predicted molar refractivity (Wildman–Crippen MR) is 145 cm³/mol. The molecule has 0 amide bonds. The van der Waals surface area contributed by atoms with Crippen molar-refractivity contribution in [2.75, 3.05) is 6.61 Å². The largest absolute Gasteiger partial charge is 0.407 e. The van der Waals surface area contributed by atoms with Crippen molar-refractivity contribution in [1.29, 1.82) is 0 Å². The Bertz CT molecular complexity index is 1170. The lowest BCUT2D eigenvalue weighted by Gasteiger charge is -2.44. The molecule has 2 aromatic carbocycles. The third-order valence-electron chi connectivity index (χ3n) is 6.33. The van der Waals surface area contributed by atoms with E-state index in [1.54, 1.807) is 0 Å². The van der Waals surface area contributed by atoms with Gasteiger partial charge in [-0.15, -0.1) is 0 Å². The molecule has 0 fully saturated rings. The normalized spacial score (nSPS) is 12.9. The van der Waals surface area contributed by atoms with E-state index in [0.29, 0.717) is 6.61 Å². The minimum absolute atomic E-state index is 0.0288. The van der Waals surface area contributed by atoms with Crippen molar-refractivity contribution < 1.29 is 4.43 Å². The first kappa shape index (κ1) is 23.9. The third kappa shape index (κ3) is 4.86. The fraction of sp³-hybridized carbons (Fsp3) is 0.321. The van der Waals surface area contributed by atoms with E-state index in [4.69, 9.17) is 9.41 Å². The Morgan fingerprint density at radius 2 is 1.42 bits per heavy atom. The van der Waals surface area contributed by atoms with Crippen LogP contribution in [-0.2, 0) is 10.8 Å². The fourth-order valence-corrected chi connectivity index (χ4v) is 9.87. The summed E-state index contributed by atoms with van der Waals surface area (Å²) in [5.74, 6) is 0. The highest BCUT2D eigenvalue weighted by atomic mass is 79.9. The van der Waals surface area contributed by atoms with Crippen molar-refractivity contribution in [3.63, 3.8) is 0 Å². The SMILES string of the molecule is CC(C)(CO[Si](c1ccccc1)(c1ccccc1)C(C)(C)C)Cc1c[nH]c2ccc(Br)nc12. The van der Waals surface area contributed by atoms with Crippen LogP contribution in [0.15, 0.2) is 83.6 Å². The van der Waals surface area contributed by atoms with Crippen molar-refractivity contribution in [1.82, 2.24) is 9.97 Å². The monoisotopic (exact) mass is 520 g/mol. The van der Waals surface area contributed by atoms with Crippen LogP contribution < -0.4 is 10.4 Å². The van der Waals surface area contributed by atoms with Gasteiger partial charge in [0.15, 0.2) is 0 Å². The average molecular weight is 522 g/mol. The summed E-state index contributed by atoms with van der Waals surface area (Å²) in [4.78, 5) is 8.09. The number of H-pyrrole nitrogens is 1. The van der Waals surface area contributed by atoms with Crippen LogP contribution >= 0.6 is 15.9 Å². The van der Waals surface area contributed by atoms with E-state index in [9.17, 15) is 0 Å². The van der Waals surface area contributed by atoms with Gasteiger partial charge in [0.05, 0.1) is 11.0 Å². The molecule has 0 bridgehead atoms. The summed E-state index contributed by atoms with van der Waals surface area (Å²) in [6.45, 7) is 12.2. The molecule has 5 heteroatoms. The van der Waals surface area contributed by atoms with Gasteiger partial charge in [-0.25, -0.2) is 4.98 Å². The molecule has 2 aromatic heterocycles. The summed E-state index contributed by atoms with van der Waals surface area (Å²) in [6.07, 6.45) is 2.98. The van der Waals surface area contributed by atoms with E-state index < -0.39 is 8.32 Å². The van der Waals surface area contributed by atoms with Crippen LogP contribution in [0.5, 0.6) is 0 Å². The molecular weight excluding hydrogens is 488 g/mol. The van der Waals surface area contributed by atoms with E-state index in [0.717, 1.165) is 22.1 Å². The van der Waals surface area contributed by atoms with Crippen LogP contribution in [0, 0.1) is 5.41 Å². The molecule has 0 aliphatic rings. The number of rotatable bonds is 7. The standard InChI is InChI=1S/C28H33BrN2OSi/c1-27(2,3)33(22-12-8-6-9-13-22,23-14-10-7-11-15-23)32-20-28(4,5)18-21-19-30-24-16-17-25(29)31-26(21)24/h6-17,19,30H,18,20H2,1-5H3. The summed E-state index contributed by atoms with van der Waals surface area (Å²) in [6, 6.07) is 25.7. The highest BCUT2D eigenvalue weighted by molar-refractivity contribution is 9.10. The Morgan fingerprint density at radius 1 is 0.848 bits per heavy atom. The van der Waals surface area contributed by atoms with Crippen LogP contribution in [0.25, 0.3) is 11.0 Å². The van der Waals surface area contributed by atoms with Crippen molar-refractivity contribution >= 4 is 45.7 Å². The summed E-state index contributed by atoms with van der Waals surface area (Å²) < 4.78 is 8.07. The van der Waals surface area contributed by atoms with Gasteiger partial charge in [-0.1, -0.05) is 95.3 Å². The van der Waals surface area contributed by atoms with Crippen molar-refractivity contribution in [3.8, 4) is 0 Å². The van der Waals surface area contributed by atoms with E-state index in [1.165, 1.54) is 15.9 Å². The van der Waals surface area contributed by atoms with Gasteiger partial charge in [-0.2, -0.15) is 0 Å². The number of nitrogens with one attached hydrogen (secondary N) is 1. The zero-order valence-corrected chi connectivity index (χ0v) is 22.7. The van der Waals surface area contributed by atoms with Crippen molar-refractivity contribution in [2.45, 2.75) is 46.1 Å². The van der Waals surface area contributed by atoms with Gasteiger partial charge in [0.25, 0.3) is 8.32 Å². The zero-order chi connectivity index (χ0) is 23.7. The summed E-state index contributed by atoms with van der Waals surface area (Å²) >= 11 is 3.52. The van der Waals surface area contributed by atoms with Gasteiger partial charge >= 0.3 is 0 Å². The Hall–Kier alpha value is -2.21. The smallest absolute Gasteiger partial charge is 0.261 e. The van der Waals surface area contributed by atoms with Crippen LogP contribution in [0.3, 0.4) is 0 Å². The van der Waals surface area contributed by atoms with Crippen molar-refractivity contribution in [2.24, 2.45) is 5.41 Å². The molecule has 172 valence electrons. The lowest BCUT2D eigenvalue weighted by atomic mass is 9.87. The molecule has 0 saturated heterocycles. The second-order valence-electron chi connectivity index (χ2n) is 10.6. The van der Waals surface area contributed by atoms with Gasteiger partial charge in [-0.05, 0) is 60.9 Å². The van der Waals surface area contributed by atoms with Gasteiger partial charge in [0.1, 0.15) is 4.60 Å². The molecule has 0 spiro atoms. The number of aromatic amines is 1. The van der Waals surface area contributed by atoms with E-state index in [-0.39, 0.29) is 10.5 Å². The summed E-state index contributed by atoms with van der Waals surface area (Å²) in [7, 11) is -2.55. The van der Waals surface area contributed by atoms with Crippen LogP contribution in [0.2, 0.25) is 5.04 Å². The average Bonchev–Trinajstić information content (AvgIpc) is 3.16. The molecule has 0 aliphatic heterocycles. The molecule has 0 saturated carbocycles. The first-order valence-corrected chi connectivity index (χ1v) is 14.2. The maximum atomic E-state index is 7.21. The third-order valence-corrected chi connectivity index (χ3v) is 11.8. The van der Waals surface area contributed by atoms with Gasteiger partial charge in [-0.3, -0.25) is 0 Å². The molecular formula is C28H33BrN2OSi. The molecule has 0 atom stereocenters. The molecule has 3 nitrogen and oxygen atoms in total. The van der Waals surface area contributed by atoms with E-state index in [2.05, 4.69) is 128 Å². The number of fused-ring (bicyclic) bond motifs is 1. The van der Waals surface area contributed by atoms with Crippen LogP contribution in [0.4, 0.5) is 0 Å². The number of halogens is 1. The summed E-state index contributed by atoms with van der Waals surface area (Å²) in [5.41, 5.74) is 3.26. The van der Waals surface area contributed by atoms with Crippen LogP contribution in [-0.4, -0.2) is 24.9 Å². The van der Waals surface area contributed by atoms with Gasteiger partial charge in [0, 0.05) is 12.8 Å². The second-order valence-corrected chi connectivity index (χ2v) is 15.8. The predicted octanol–water partition coefficient (Wildman–Crippen LogP) is 6.47. The Balaban J connectivity index is 1.70. The van der Waals surface area contributed by atoms with Crippen LogP contribution in [0.1, 0.15) is 40.2 Å². The fourth-order valence-electron chi connectivity index (χ4n) is 4.80. The highest BCUT2D eigenvalue weighted by Gasteiger charge is 2.50. The molecule has 0 radical (unpaired) electrons. The molecule has 2 heterocycles. The first-order chi connectivity index (χ1) is 15.6. The number of nitrogens with zero attached hydrogens (tertiary/aromatic N) is 1. The molecule has 4 aromatic rings. The topological polar surface area (TPSA) is 37.9 Å². The summed E-state index contributed by atoms with van der Waals surface area (Å²) in [5, 5.41) is 2.60. The number of aromatic nitrogens is 2. The Labute approximate surface area is 206 Å². The van der Waals surface area contributed by atoms with E-state index in [1.807, 2.05) is 6.07 Å². The first-order valence-electron chi connectivity index (χ1n) is 11.5. The Kier molecular flexibility index (Phi) is 6.67. The highest BCUT2D eigenvalue weighted by Crippen LogP contribution is 2.38. The molecule has 33 heavy (non-hydrogen) atoms.